The molecule has 0 bridgehead atoms. The lowest BCUT2D eigenvalue weighted by Gasteiger charge is -2.32. The SMILES string of the molecule is NNC(=O)CCOCCOCCOCCOCCOCCOCCOCCOCCOCCOCCOCCNC(=O)OCCOCCOCCOc1cc(NC2CCN(S(=O)(=O)C(F)(F)F)CC2)c2cc(C(c3ccc(Cl)cc3)c3ccc(Cl)cc3)ccc2n1. The van der Waals surface area contributed by atoms with Gasteiger partial charge in [-0.1, -0.05) is 53.5 Å². The third kappa shape index (κ3) is 32.2. The average Bonchev–Trinajstić information content (AvgIpc) is 0.974. The van der Waals surface area contributed by atoms with Crippen molar-refractivity contribution in [2.45, 2.75) is 36.7 Å². The number of anilines is 1. The molecule has 1 fully saturated rings. The van der Waals surface area contributed by atoms with Crippen molar-refractivity contribution < 1.29 is 102 Å². The number of rotatable bonds is 52. The lowest BCUT2D eigenvalue weighted by Crippen LogP contribution is -2.47. The number of fused-ring (bicyclic) bond motifs is 1. The summed E-state index contributed by atoms with van der Waals surface area (Å²) in [5.41, 5.74) is 0.696. The highest BCUT2D eigenvalue weighted by Crippen LogP contribution is 2.38. The summed E-state index contributed by atoms with van der Waals surface area (Å²) in [5, 5.41) is 7.95. The number of alkyl halides is 3. The molecule has 2 heterocycles. The summed E-state index contributed by atoms with van der Waals surface area (Å²) in [5.74, 6) is 4.75. The van der Waals surface area contributed by atoms with Crippen molar-refractivity contribution in [3.63, 3.8) is 0 Å². The molecule has 4 aromatic rings. The lowest BCUT2D eigenvalue weighted by atomic mass is 9.84. The van der Waals surface area contributed by atoms with Crippen molar-refractivity contribution in [3.8, 4) is 5.88 Å². The van der Waals surface area contributed by atoms with Gasteiger partial charge in [0.05, 0.1) is 184 Å². The van der Waals surface area contributed by atoms with Crippen LogP contribution in [0.5, 0.6) is 5.88 Å². The number of alkyl carbamates (subject to hydrolysis) is 1. The topological polar surface area (TPSA) is 285 Å². The van der Waals surface area contributed by atoms with Crippen LogP contribution in [0.2, 0.25) is 10.0 Å². The first-order valence-electron chi connectivity index (χ1n) is 30.1. The Balaban J connectivity index is 0.807. The number of nitrogens with zero attached hydrogens (tertiary/aromatic N) is 2. The van der Waals surface area contributed by atoms with Crippen LogP contribution < -0.4 is 26.6 Å². The van der Waals surface area contributed by atoms with Crippen molar-refractivity contribution in [3.05, 3.63) is 99.5 Å². The van der Waals surface area contributed by atoms with Gasteiger partial charge < -0.3 is 81.7 Å². The number of benzene rings is 3. The van der Waals surface area contributed by atoms with E-state index < -0.39 is 21.6 Å². The molecule has 25 nitrogen and oxygen atoms in total. The summed E-state index contributed by atoms with van der Waals surface area (Å²) < 4.78 is 147. The van der Waals surface area contributed by atoms with Gasteiger partial charge in [-0.05, 0) is 65.9 Å². The number of piperidine rings is 1. The van der Waals surface area contributed by atoms with Gasteiger partial charge in [-0.25, -0.2) is 24.0 Å². The average molecular weight is 1360 g/mol. The maximum atomic E-state index is 13.4. The van der Waals surface area contributed by atoms with Crippen LogP contribution in [0.15, 0.2) is 72.8 Å². The number of nitrogens with two attached hydrogens (primary N) is 1. The fourth-order valence-corrected chi connectivity index (χ4v) is 9.86. The molecule has 0 aliphatic carbocycles. The van der Waals surface area contributed by atoms with Gasteiger partial charge in [-0.2, -0.15) is 17.5 Å². The van der Waals surface area contributed by atoms with Crippen molar-refractivity contribution >= 4 is 61.8 Å². The highest BCUT2D eigenvalue weighted by atomic mass is 35.5. The third-order valence-electron chi connectivity index (χ3n) is 13.2. The first-order valence-corrected chi connectivity index (χ1v) is 32.3. The Labute approximate surface area is 539 Å². The predicted octanol–water partition coefficient (Wildman–Crippen LogP) is 6.15. The van der Waals surface area contributed by atoms with E-state index in [-0.39, 0.29) is 109 Å². The number of pyridine rings is 1. The zero-order chi connectivity index (χ0) is 65.0. The van der Waals surface area contributed by atoms with E-state index >= 15 is 0 Å². The maximum absolute atomic E-state index is 13.4. The minimum Gasteiger partial charge on any atom is -0.475 e. The highest BCUT2D eigenvalue weighted by Gasteiger charge is 2.50. The van der Waals surface area contributed by atoms with Crippen LogP contribution >= 0.6 is 23.2 Å². The summed E-state index contributed by atoms with van der Waals surface area (Å²) >= 11 is 12.5. The van der Waals surface area contributed by atoms with Gasteiger partial charge in [0.25, 0.3) is 0 Å². The second-order valence-corrected chi connectivity index (χ2v) is 22.6. The highest BCUT2D eigenvalue weighted by molar-refractivity contribution is 7.90. The first kappa shape index (κ1) is 76.8. The molecule has 0 unspecified atom stereocenters. The fourth-order valence-electron chi connectivity index (χ4n) is 8.62. The van der Waals surface area contributed by atoms with E-state index in [4.69, 9.17) is 105 Å². The van der Waals surface area contributed by atoms with Gasteiger partial charge in [0.2, 0.25) is 11.8 Å². The van der Waals surface area contributed by atoms with Gasteiger partial charge in [0, 0.05) is 58.8 Å². The number of sulfonamides is 1. The fraction of sp³-hybridized carbons (Fsp3) is 0.617. The lowest BCUT2D eigenvalue weighted by molar-refractivity contribution is -0.122. The van der Waals surface area contributed by atoms with E-state index in [1.165, 1.54) is 0 Å². The second-order valence-electron chi connectivity index (χ2n) is 19.8. The van der Waals surface area contributed by atoms with Crippen LogP contribution in [0.3, 0.4) is 0 Å². The summed E-state index contributed by atoms with van der Waals surface area (Å²) in [4.78, 5) is 27.8. The zero-order valence-corrected chi connectivity index (χ0v) is 53.5. The van der Waals surface area contributed by atoms with Crippen LogP contribution in [0.1, 0.15) is 41.9 Å². The molecular weight excluding hydrogens is 1270 g/mol. The van der Waals surface area contributed by atoms with Crippen LogP contribution in [0.4, 0.5) is 23.7 Å². The van der Waals surface area contributed by atoms with E-state index in [0.29, 0.717) is 164 Å². The van der Waals surface area contributed by atoms with Gasteiger partial charge in [0.1, 0.15) is 13.2 Å². The third-order valence-corrected chi connectivity index (χ3v) is 15.3. The maximum Gasteiger partial charge on any atom is 0.511 e. The van der Waals surface area contributed by atoms with E-state index in [0.717, 1.165) is 22.1 Å². The summed E-state index contributed by atoms with van der Waals surface area (Å²) in [7, 11) is -5.45. The van der Waals surface area contributed by atoms with E-state index in [1.54, 1.807) is 6.07 Å². The molecule has 1 aliphatic heterocycles. The molecule has 1 saturated heterocycles. The zero-order valence-electron chi connectivity index (χ0n) is 51.2. The number of hydrazine groups is 1. The number of carbonyl (C=O) groups excluding carboxylic acids is 2. The van der Waals surface area contributed by atoms with Gasteiger partial charge >= 0.3 is 21.6 Å². The molecule has 512 valence electrons. The predicted molar refractivity (Wildman–Crippen MR) is 331 cm³/mol. The molecule has 0 radical (unpaired) electrons. The molecule has 0 atom stereocenters. The van der Waals surface area contributed by atoms with Crippen molar-refractivity contribution in [2.24, 2.45) is 5.84 Å². The summed E-state index contributed by atoms with van der Waals surface area (Å²) in [6, 6.07) is 22.3. The molecule has 2 amide bonds. The number of hydrogen-bond acceptors (Lipinski definition) is 22. The van der Waals surface area contributed by atoms with E-state index in [2.05, 4.69) is 10.6 Å². The standard InChI is InChI=1S/C60H87Cl2F3N6O19S/c61-50-6-1-47(2-7-50)58(48-3-8-51(62)9-4-48)49-5-10-54-53(45-49)55(68-52-11-15-71(16-12-52)91(74,75)60(63,64)65)46-57(69-54)89-43-41-87-39-40-88-42-44-90-59(73)67-14-18-77-20-22-79-24-26-81-28-30-83-32-34-85-36-38-86-37-35-84-33-31-82-29-27-80-25-23-78-21-19-76-17-13-56(72)70-66/h1-10,45-46,52,58H,11-44,66H2,(H,67,73)(H,68,69)(H,70,72). The normalized spacial score (nSPS) is 13.3. The van der Waals surface area contributed by atoms with Crippen LogP contribution in [-0.2, 0) is 81.1 Å². The molecule has 3 aromatic carbocycles. The van der Waals surface area contributed by atoms with Gasteiger partial charge in [-0.3, -0.25) is 10.2 Å². The quantitative estimate of drug-likeness (QED) is 0.0127. The first-order chi connectivity index (χ1) is 44.2. The minimum absolute atomic E-state index is 0.0275. The molecule has 1 aromatic heterocycles. The largest absolute Gasteiger partial charge is 0.511 e. The number of amides is 2. The number of carbonyl (C=O) groups is 2. The van der Waals surface area contributed by atoms with Crippen molar-refractivity contribution in [1.29, 1.82) is 0 Å². The summed E-state index contributed by atoms with van der Waals surface area (Å²) in [6.45, 7) is 9.69. The van der Waals surface area contributed by atoms with Crippen molar-refractivity contribution in [1.82, 2.24) is 20.0 Å². The number of nitrogens with one attached hydrogen (secondary N) is 3. The van der Waals surface area contributed by atoms with Gasteiger partial charge in [0.15, 0.2) is 0 Å². The molecular formula is C60H87Cl2F3N6O19S. The molecule has 0 spiro atoms. The van der Waals surface area contributed by atoms with Crippen LogP contribution in [0.25, 0.3) is 10.9 Å². The Morgan fingerprint density at radius 1 is 0.538 bits per heavy atom. The molecule has 5 N–H and O–H groups in total. The van der Waals surface area contributed by atoms with Crippen LogP contribution in [0, 0.1) is 0 Å². The molecule has 5 rings (SSSR count). The number of halogens is 5. The molecule has 1 aliphatic rings. The molecule has 91 heavy (non-hydrogen) atoms. The van der Waals surface area contributed by atoms with Crippen molar-refractivity contribution in [2.75, 3.05) is 210 Å². The van der Waals surface area contributed by atoms with E-state index in [9.17, 15) is 31.2 Å². The Hall–Kier alpha value is -4.87. The Morgan fingerprint density at radius 3 is 1.34 bits per heavy atom. The summed E-state index contributed by atoms with van der Waals surface area (Å²) in [6.07, 6.45) is -0.135. The van der Waals surface area contributed by atoms with E-state index in [1.807, 2.05) is 72.2 Å². The number of hydrogen-bond donors (Lipinski definition) is 4. The monoisotopic (exact) mass is 1350 g/mol. The molecule has 31 heteroatoms. The van der Waals surface area contributed by atoms with Gasteiger partial charge in [-0.15, -0.1) is 0 Å². The second kappa shape index (κ2) is 46.3. The molecule has 0 saturated carbocycles. The Kier molecular flexibility index (Phi) is 39.1. The van der Waals surface area contributed by atoms with Crippen LogP contribution in [-0.4, -0.2) is 246 Å². The minimum atomic E-state index is -5.45. The number of aromatic nitrogens is 1. The number of ether oxygens (including phenoxy) is 15. The Bertz CT molecular complexity index is 2670. The smallest absolute Gasteiger partial charge is 0.475 e. The Morgan fingerprint density at radius 2 is 0.923 bits per heavy atom.